The molecule has 0 aliphatic carbocycles. The number of para-hydroxylation sites is 1. The first kappa shape index (κ1) is 21.3. The van der Waals surface area contributed by atoms with Gasteiger partial charge in [-0.15, -0.1) is 16.4 Å². The second kappa shape index (κ2) is 9.03. The molecule has 6 nitrogen and oxygen atoms in total. The number of benzene rings is 2. The lowest BCUT2D eigenvalue weighted by molar-refractivity contribution is -0.115. The van der Waals surface area contributed by atoms with E-state index in [9.17, 15) is 4.79 Å². The molecule has 0 bridgehead atoms. The van der Waals surface area contributed by atoms with E-state index < -0.39 is 0 Å². The van der Waals surface area contributed by atoms with Crippen LogP contribution in [0.4, 0.5) is 10.8 Å². The molecule has 0 N–H and O–H groups in total. The maximum Gasteiger partial charge on any atom is 0.230 e. The van der Waals surface area contributed by atoms with Crippen LogP contribution >= 0.6 is 23.1 Å². The molecule has 4 aromatic rings. The summed E-state index contributed by atoms with van der Waals surface area (Å²) in [7, 11) is 0. The van der Waals surface area contributed by atoms with Gasteiger partial charge in [-0.1, -0.05) is 47.7 Å². The van der Waals surface area contributed by atoms with Crippen molar-refractivity contribution in [3.63, 3.8) is 0 Å². The molecule has 2 aromatic heterocycles. The summed E-state index contributed by atoms with van der Waals surface area (Å²) in [5.41, 5.74) is 6.09. The lowest BCUT2D eigenvalue weighted by Gasteiger charge is -2.23. The fourth-order valence-corrected chi connectivity index (χ4v) is 5.21. The van der Waals surface area contributed by atoms with Crippen molar-refractivity contribution in [1.82, 2.24) is 19.7 Å². The fraction of sp³-hybridized carbons (Fsp3) is 0.217. The van der Waals surface area contributed by atoms with Gasteiger partial charge in [0.25, 0.3) is 0 Å². The van der Waals surface area contributed by atoms with Gasteiger partial charge in [0, 0.05) is 18.1 Å². The van der Waals surface area contributed by atoms with E-state index in [1.807, 2.05) is 49.6 Å². The van der Waals surface area contributed by atoms with Crippen molar-refractivity contribution in [3.05, 3.63) is 76.6 Å². The van der Waals surface area contributed by atoms with Gasteiger partial charge in [0.2, 0.25) is 11.1 Å². The van der Waals surface area contributed by atoms with Gasteiger partial charge in [0.15, 0.2) is 5.13 Å². The smallest absolute Gasteiger partial charge is 0.230 e. The van der Waals surface area contributed by atoms with Crippen LogP contribution < -0.4 is 4.90 Å². The van der Waals surface area contributed by atoms with Gasteiger partial charge < -0.3 is 0 Å². The second-order valence-electron chi connectivity index (χ2n) is 7.32. The van der Waals surface area contributed by atoms with Crippen LogP contribution in [0.15, 0.2) is 59.3 Å². The fourth-order valence-electron chi connectivity index (χ4n) is 3.54. The zero-order valence-electron chi connectivity index (χ0n) is 17.9. The van der Waals surface area contributed by atoms with E-state index in [1.54, 1.807) is 22.8 Å². The summed E-state index contributed by atoms with van der Waals surface area (Å²) in [6, 6.07) is 14.1. The first-order valence-corrected chi connectivity index (χ1v) is 11.7. The molecule has 0 saturated carbocycles. The molecule has 158 valence electrons. The molecular formula is C23H23N5OS2. The maximum absolute atomic E-state index is 12.5. The van der Waals surface area contributed by atoms with Crippen molar-refractivity contribution >= 4 is 39.8 Å². The Bertz CT molecular complexity index is 1190. The molecule has 31 heavy (non-hydrogen) atoms. The van der Waals surface area contributed by atoms with Gasteiger partial charge >= 0.3 is 0 Å². The predicted molar refractivity (Wildman–Crippen MR) is 127 cm³/mol. The van der Waals surface area contributed by atoms with E-state index in [-0.39, 0.29) is 5.91 Å². The molecular weight excluding hydrogens is 426 g/mol. The summed E-state index contributed by atoms with van der Waals surface area (Å²) < 4.78 is 1.76. The van der Waals surface area contributed by atoms with Crippen molar-refractivity contribution < 1.29 is 4.79 Å². The van der Waals surface area contributed by atoms with Crippen LogP contribution in [0.3, 0.4) is 0 Å². The topological polar surface area (TPSA) is 63.9 Å². The second-order valence-corrected chi connectivity index (χ2v) is 9.10. The van der Waals surface area contributed by atoms with Gasteiger partial charge in [0.05, 0.1) is 17.1 Å². The number of anilines is 2. The Morgan fingerprint density at radius 1 is 1.13 bits per heavy atom. The number of thiazole rings is 1. The summed E-state index contributed by atoms with van der Waals surface area (Å²) in [6.45, 7) is 7.71. The number of aromatic nitrogens is 4. The maximum atomic E-state index is 12.5. The molecule has 2 heterocycles. The van der Waals surface area contributed by atoms with Crippen LogP contribution in [0.5, 0.6) is 0 Å². The van der Waals surface area contributed by atoms with Crippen LogP contribution in [0, 0.1) is 20.8 Å². The van der Waals surface area contributed by atoms with Gasteiger partial charge in [-0.3, -0.25) is 9.69 Å². The third-order valence-corrected chi connectivity index (χ3v) is 6.51. The van der Waals surface area contributed by atoms with Gasteiger partial charge in [0.1, 0.15) is 6.33 Å². The SMILES string of the molecule is CC(=O)N(c1nc(CSc2ncn(-c3ccccc3)n2)cs1)c1c(C)cc(C)cc1C. The molecule has 0 aliphatic rings. The summed E-state index contributed by atoms with van der Waals surface area (Å²) in [6.07, 6.45) is 1.71. The molecule has 0 fully saturated rings. The first-order chi connectivity index (χ1) is 14.9. The number of nitrogens with zero attached hydrogens (tertiary/aromatic N) is 5. The van der Waals surface area contributed by atoms with E-state index in [0.29, 0.717) is 16.0 Å². The molecule has 0 spiro atoms. The van der Waals surface area contributed by atoms with Crippen molar-refractivity contribution in [2.45, 2.75) is 38.6 Å². The predicted octanol–water partition coefficient (Wildman–Crippen LogP) is 5.63. The van der Waals surface area contributed by atoms with Crippen molar-refractivity contribution in [1.29, 1.82) is 0 Å². The number of hydrogen-bond donors (Lipinski definition) is 0. The number of hydrogen-bond acceptors (Lipinski definition) is 6. The Hall–Kier alpha value is -2.97. The van der Waals surface area contributed by atoms with Gasteiger partial charge in [-0.05, 0) is 44.0 Å². The highest BCUT2D eigenvalue weighted by Gasteiger charge is 2.22. The number of rotatable bonds is 6. The minimum atomic E-state index is -0.0492. The third kappa shape index (κ3) is 4.70. The van der Waals surface area contributed by atoms with Crippen LogP contribution in [-0.2, 0) is 10.5 Å². The number of aryl methyl sites for hydroxylation is 3. The minimum absolute atomic E-state index is 0.0492. The largest absolute Gasteiger partial charge is 0.274 e. The van der Waals surface area contributed by atoms with Crippen molar-refractivity contribution in [3.8, 4) is 5.69 Å². The zero-order chi connectivity index (χ0) is 22.0. The van der Waals surface area contributed by atoms with Crippen LogP contribution in [0.1, 0.15) is 29.3 Å². The molecule has 2 aromatic carbocycles. The third-order valence-electron chi connectivity index (χ3n) is 4.75. The van der Waals surface area contributed by atoms with E-state index in [2.05, 4.69) is 29.1 Å². The van der Waals surface area contributed by atoms with E-state index in [1.165, 1.54) is 28.7 Å². The van der Waals surface area contributed by atoms with Crippen LogP contribution in [0.25, 0.3) is 5.69 Å². The summed E-state index contributed by atoms with van der Waals surface area (Å²) in [4.78, 5) is 23.4. The molecule has 0 aliphatic heterocycles. The molecule has 1 amide bonds. The number of amides is 1. The summed E-state index contributed by atoms with van der Waals surface area (Å²) in [5, 5.41) is 7.88. The van der Waals surface area contributed by atoms with E-state index in [4.69, 9.17) is 4.98 Å². The number of thioether (sulfide) groups is 1. The lowest BCUT2D eigenvalue weighted by Crippen LogP contribution is -2.24. The highest BCUT2D eigenvalue weighted by Crippen LogP contribution is 2.35. The van der Waals surface area contributed by atoms with Crippen molar-refractivity contribution in [2.24, 2.45) is 0 Å². The Morgan fingerprint density at radius 3 is 2.52 bits per heavy atom. The highest BCUT2D eigenvalue weighted by molar-refractivity contribution is 7.98. The standard InChI is InChI=1S/C23H23N5OS2/c1-15-10-16(2)21(17(3)11-15)28(18(4)29)23-25-19(13-31-23)12-30-22-24-14-27(26-22)20-8-6-5-7-9-20/h5-11,13-14H,12H2,1-4H3. The molecule has 0 atom stereocenters. The molecule has 0 radical (unpaired) electrons. The monoisotopic (exact) mass is 449 g/mol. The average molecular weight is 450 g/mol. The van der Waals surface area contributed by atoms with Gasteiger partial charge in [-0.25, -0.2) is 14.6 Å². The van der Waals surface area contributed by atoms with Crippen molar-refractivity contribution in [2.75, 3.05) is 4.90 Å². The van der Waals surface area contributed by atoms with Crippen LogP contribution in [0.2, 0.25) is 0 Å². The normalized spacial score (nSPS) is 11.0. The Labute approximate surface area is 190 Å². The Morgan fingerprint density at radius 2 is 1.84 bits per heavy atom. The molecule has 0 saturated heterocycles. The molecule has 4 rings (SSSR count). The van der Waals surface area contributed by atoms with E-state index in [0.717, 1.165) is 28.2 Å². The quantitative estimate of drug-likeness (QED) is 0.357. The molecule has 8 heteroatoms. The Kier molecular flexibility index (Phi) is 6.20. The Balaban J connectivity index is 1.51. The zero-order valence-corrected chi connectivity index (χ0v) is 19.5. The first-order valence-electron chi connectivity index (χ1n) is 9.85. The molecule has 0 unspecified atom stereocenters. The van der Waals surface area contributed by atoms with E-state index >= 15 is 0 Å². The highest BCUT2D eigenvalue weighted by atomic mass is 32.2. The van der Waals surface area contributed by atoms with Crippen LogP contribution in [-0.4, -0.2) is 25.7 Å². The lowest BCUT2D eigenvalue weighted by atomic mass is 10.0. The summed E-state index contributed by atoms with van der Waals surface area (Å²) >= 11 is 3.00. The van der Waals surface area contributed by atoms with Gasteiger partial charge in [-0.2, -0.15) is 0 Å². The number of carbonyl (C=O) groups excluding carboxylic acids is 1. The summed E-state index contributed by atoms with van der Waals surface area (Å²) in [5.74, 6) is 0.583. The number of carbonyl (C=O) groups is 1. The average Bonchev–Trinajstić information content (AvgIpc) is 3.39. The minimum Gasteiger partial charge on any atom is -0.274 e.